The first-order chi connectivity index (χ1) is 14.5. The van der Waals surface area contributed by atoms with Crippen LogP contribution in [0.2, 0.25) is 0 Å². The molecule has 2 heterocycles. The predicted octanol–water partition coefficient (Wildman–Crippen LogP) is 1.62. The van der Waals surface area contributed by atoms with Gasteiger partial charge in [-0.25, -0.2) is 0 Å². The molecular weight excluding hydrogens is 396 g/mol. The molecule has 3 N–H and O–H groups in total. The highest BCUT2D eigenvalue weighted by Crippen LogP contribution is 2.14. The van der Waals surface area contributed by atoms with Crippen LogP contribution in [0.4, 0.5) is 0 Å². The summed E-state index contributed by atoms with van der Waals surface area (Å²) < 4.78 is 5.71. The Morgan fingerprint density at radius 1 is 1.33 bits per heavy atom. The van der Waals surface area contributed by atoms with Gasteiger partial charge in [-0.15, -0.1) is 0 Å². The summed E-state index contributed by atoms with van der Waals surface area (Å²) in [6.07, 6.45) is 2.41. The van der Waals surface area contributed by atoms with Crippen molar-refractivity contribution in [2.75, 3.05) is 39.3 Å². The number of likely N-dealkylation sites (N-methyl/N-ethyl adjacent to an activating group) is 1. The van der Waals surface area contributed by atoms with E-state index in [9.17, 15) is 4.79 Å². The van der Waals surface area contributed by atoms with Gasteiger partial charge in [0.2, 0.25) is 0 Å². The van der Waals surface area contributed by atoms with Gasteiger partial charge in [-0.2, -0.15) is 0 Å². The van der Waals surface area contributed by atoms with Crippen LogP contribution in [0.5, 0.6) is 0 Å². The Hall–Kier alpha value is -1.96. The number of hydrogen-bond acceptors (Lipinski definition) is 3. The molecule has 1 atom stereocenters. The summed E-state index contributed by atoms with van der Waals surface area (Å²) in [5.41, 5.74) is 2.70. The summed E-state index contributed by atoms with van der Waals surface area (Å²) in [5.74, 6) is 0. The number of thiocarbonyl (C=S) groups is 1. The second-order valence-electron chi connectivity index (χ2n) is 8.16. The standard InChI is InChI=1S/C23H34N4O2S/c1-4-26(5-2)10-11-27(23(30)24-15-20-7-6-12-29-20)16-19-14-18-9-8-17(3)13-21(18)25-22(19)28/h8-9,13-14,20H,4-7,10-12,15-16H2,1-3H3,(H,24,30)(H,25,28)/p+1/t20-/m1/s1. The zero-order chi connectivity index (χ0) is 21.5. The molecule has 2 aromatic rings. The van der Waals surface area contributed by atoms with E-state index in [4.69, 9.17) is 17.0 Å². The van der Waals surface area contributed by atoms with Gasteiger partial charge in [0.1, 0.15) is 0 Å². The first kappa shape index (κ1) is 22.7. The summed E-state index contributed by atoms with van der Waals surface area (Å²) in [6.45, 7) is 12.4. The molecular formula is C23H35N4O2S+. The van der Waals surface area contributed by atoms with Gasteiger partial charge in [-0.1, -0.05) is 12.1 Å². The number of benzene rings is 1. The molecule has 1 aromatic carbocycles. The highest BCUT2D eigenvalue weighted by molar-refractivity contribution is 7.80. The molecule has 1 fully saturated rings. The first-order valence-corrected chi connectivity index (χ1v) is 11.5. The van der Waals surface area contributed by atoms with Gasteiger partial charge in [-0.3, -0.25) is 4.79 Å². The zero-order valence-electron chi connectivity index (χ0n) is 18.4. The number of hydrogen-bond donors (Lipinski definition) is 3. The van der Waals surface area contributed by atoms with Gasteiger partial charge in [0.05, 0.1) is 38.8 Å². The third-order valence-corrected chi connectivity index (χ3v) is 6.37. The fraction of sp³-hybridized carbons (Fsp3) is 0.565. The Morgan fingerprint density at radius 3 is 2.83 bits per heavy atom. The smallest absolute Gasteiger partial charge is 0.253 e. The lowest BCUT2D eigenvalue weighted by Crippen LogP contribution is -3.12. The van der Waals surface area contributed by atoms with Gasteiger partial charge < -0.3 is 24.8 Å². The third-order valence-electron chi connectivity index (χ3n) is 5.97. The maximum Gasteiger partial charge on any atom is 0.253 e. The van der Waals surface area contributed by atoms with Crippen molar-refractivity contribution in [2.45, 2.75) is 46.3 Å². The van der Waals surface area contributed by atoms with Gasteiger partial charge in [0.25, 0.3) is 5.56 Å². The zero-order valence-corrected chi connectivity index (χ0v) is 19.2. The van der Waals surface area contributed by atoms with E-state index in [0.29, 0.717) is 11.7 Å². The Labute approximate surface area is 184 Å². The fourth-order valence-electron chi connectivity index (χ4n) is 3.95. The molecule has 1 saturated heterocycles. The summed E-state index contributed by atoms with van der Waals surface area (Å²) >= 11 is 5.73. The van der Waals surface area contributed by atoms with E-state index in [-0.39, 0.29) is 11.7 Å². The SMILES string of the molecule is CC[NH+](CC)CCN(Cc1cc2ccc(C)cc2[nH]c1=O)C(=S)NC[C@H]1CCCO1. The number of aromatic amines is 1. The normalized spacial score (nSPS) is 16.3. The number of aromatic nitrogens is 1. The van der Waals surface area contributed by atoms with Crippen LogP contribution in [0.15, 0.2) is 29.1 Å². The van der Waals surface area contributed by atoms with Crippen molar-refractivity contribution in [3.05, 3.63) is 45.7 Å². The minimum absolute atomic E-state index is 0.0461. The van der Waals surface area contributed by atoms with E-state index in [0.717, 1.165) is 74.2 Å². The van der Waals surface area contributed by atoms with Crippen molar-refractivity contribution < 1.29 is 9.64 Å². The van der Waals surface area contributed by atoms with Crippen LogP contribution in [0, 0.1) is 6.92 Å². The first-order valence-electron chi connectivity index (χ1n) is 11.1. The van der Waals surface area contributed by atoms with Gasteiger partial charge >= 0.3 is 0 Å². The highest BCUT2D eigenvalue weighted by atomic mass is 32.1. The number of nitrogens with one attached hydrogen (secondary N) is 3. The number of ether oxygens (including phenoxy) is 1. The van der Waals surface area contributed by atoms with Gasteiger partial charge in [0, 0.05) is 24.2 Å². The summed E-state index contributed by atoms with van der Waals surface area (Å²) in [7, 11) is 0. The molecule has 1 aliphatic rings. The maximum atomic E-state index is 12.7. The molecule has 0 bridgehead atoms. The van der Waals surface area contributed by atoms with E-state index in [1.165, 1.54) is 4.90 Å². The number of rotatable bonds is 9. The van der Waals surface area contributed by atoms with Crippen LogP contribution < -0.4 is 15.8 Å². The molecule has 164 valence electrons. The summed E-state index contributed by atoms with van der Waals surface area (Å²) in [6, 6.07) is 8.13. The molecule has 7 heteroatoms. The average molecular weight is 432 g/mol. The number of quaternary nitrogens is 1. The van der Waals surface area contributed by atoms with Crippen LogP contribution in [0.25, 0.3) is 10.9 Å². The molecule has 0 radical (unpaired) electrons. The Bertz CT molecular complexity index is 904. The largest absolute Gasteiger partial charge is 0.376 e. The van der Waals surface area contributed by atoms with Crippen molar-refractivity contribution in [3.8, 4) is 0 Å². The molecule has 0 spiro atoms. The Kier molecular flexibility index (Phi) is 8.24. The van der Waals surface area contributed by atoms with Crippen LogP contribution in [-0.2, 0) is 11.3 Å². The van der Waals surface area contributed by atoms with E-state index >= 15 is 0 Å². The maximum absolute atomic E-state index is 12.7. The van der Waals surface area contributed by atoms with Crippen LogP contribution in [-0.4, -0.2) is 60.4 Å². The third kappa shape index (κ3) is 6.03. The lowest BCUT2D eigenvalue weighted by atomic mass is 10.1. The Balaban J connectivity index is 1.75. The van der Waals surface area contributed by atoms with E-state index < -0.39 is 0 Å². The number of nitrogens with zero attached hydrogens (tertiary/aromatic N) is 1. The molecule has 30 heavy (non-hydrogen) atoms. The van der Waals surface area contributed by atoms with Crippen LogP contribution >= 0.6 is 12.2 Å². The lowest BCUT2D eigenvalue weighted by Gasteiger charge is -2.28. The van der Waals surface area contributed by atoms with Gasteiger partial charge in [-0.05, 0) is 68.9 Å². The Morgan fingerprint density at radius 2 is 2.13 bits per heavy atom. The number of H-pyrrole nitrogens is 1. The van der Waals surface area contributed by atoms with Crippen LogP contribution in [0.1, 0.15) is 37.8 Å². The van der Waals surface area contributed by atoms with Crippen molar-refractivity contribution in [1.29, 1.82) is 0 Å². The highest BCUT2D eigenvalue weighted by Gasteiger charge is 2.19. The van der Waals surface area contributed by atoms with Crippen molar-refractivity contribution in [2.24, 2.45) is 0 Å². The summed E-state index contributed by atoms with van der Waals surface area (Å²) in [5, 5.41) is 5.12. The van der Waals surface area contributed by atoms with Gasteiger partial charge in [0.15, 0.2) is 5.11 Å². The quantitative estimate of drug-likeness (QED) is 0.527. The molecule has 0 amide bonds. The minimum Gasteiger partial charge on any atom is -0.376 e. The monoisotopic (exact) mass is 431 g/mol. The number of aryl methyl sites for hydroxylation is 1. The number of fused-ring (bicyclic) bond motifs is 1. The number of pyridine rings is 1. The molecule has 6 nitrogen and oxygen atoms in total. The van der Waals surface area contributed by atoms with Crippen molar-refractivity contribution in [3.63, 3.8) is 0 Å². The molecule has 1 aromatic heterocycles. The topological polar surface area (TPSA) is 61.8 Å². The molecule has 1 aliphatic heterocycles. The second-order valence-corrected chi connectivity index (χ2v) is 8.55. The molecule has 0 saturated carbocycles. The molecule has 3 rings (SSSR count). The summed E-state index contributed by atoms with van der Waals surface area (Å²) in [4.78, 5) is 19.4. The van der Waals surface area contributed by atoms with Crippen molar-refractivity contribution in [1.82, 2.24) is 15.2 Å². The second kappa shape index (κ2) is 10.9. The predicted molar refractivity (Wildman–Crippen MR) is 126 cm³/mol. The molecule has 0 unspecified atom stereocenters. The fourth-order valence-corrected chi connectivity index (χ4v) is 4.19. The average Bonchev–Trinajstić information content (AvgIpc) is 3.26. The van der Waals surface area contributed by atoms with Crippen molar-refractivity contribution >= 4 is 28.2 Å². The minimum atomic E-state index is -0.0461. The molecule has 0 aliphatic carbocycles. The van der Waals surface area contributed by atoms with Crippen LogP contribution in [0.3, 0.4) is 0 Å². The van der Waals surface area contributed by atoms with E-state index in [1.54, 1.807) is 0 Å². The lowest BCUT2D eigenvalue weighted by molar-refractivity contribution is -0.895. The van der Waals surface area contributed by atoms with E-state index in [2.05, 4.69) is 41.2 Å². The van der Waals surface area contributed by atoms with E-state index in [1.807, 2.05) is 19.1 Å².